The molecule has 0 aromatic rings. The van der Waals surface area contributed by atoms with Crippen molar-refractivity contribution >= 4 is 6.09 Å². The van der Waals surface area contributed by atoms with Gasteiger partial charge in [-0.2, -0.15) is 5.26 Å². The van der Waals surface area contributed by atoms with Crippen LogP contribution in [0.15, 0.2) is 0 Å². The summed E-state index contributed by atoms with van der Waals surface area (Å²) in [6.07, 6.45) is 0.368. The molecule has 9 heavy (non-hydrogen) atoms. The van der Waals surface area contributed by atoms with Gasteiger partial charge < -0.3 is 10.5 Å². The molecule has 0 bridgehead atoms. The smallest absolute Gasteiger partial charge is 0.406 e. The maximum Gasteiger partial charge on any atom is 0.406 e. The van der Waals surface area contributed by atoms with E-state index in [1.165, 1.54) is 0 Å². The fourth-order valence-electron chi connectivity index (χ4n) is 0.543. The lowest BCUT2D eigenvalue weighted by Gasteiger charge is -2.02. The van der Waals surface area contributed by atoms with Crippen LogP contribution in [-0.4, -0.2) is 11.7 Å². The minimum atomic E-state index is -0.867. The summed E-state index contributed by atoms with van der Waals surface area (Å²) in [5.74, 6) is 0. The first-order chi connectivity index (χ1) is 4.18. The summed E-state index contributed by atoms with van der Waals surface area (Å²) in [5.41, 5.74) is 3.83. The van der Waals surface area contributed by atoms with Crippen molar-refractivity contribution in [3.8, 4) is 6.07 Å². The molecule has 0 atom stereocenters. The molecule has 2 N–H and O–H groups in total. The molecule has 4 heteroatoms. The second-order valence-electron chi connectivity index (χ2n) is 2.03. The molecule has 1 aliphatic carbocycles. The molecule has 0 aromatic carbocycles. The van der Waals surface area contributed by atoms with E-state index in [1.807, 2.05) is 6.07 Å². The summed E-state index contributed by atoms with van der Waals surface area (Å²) in [4.78, 5) is 10.1. The van der Waals surface area contributed by atoms with Crippen LogP contribution in [0.3, 0.4) is 0 Å². The quantitative estimate of drug-likeness (QED) is 0.542. The zero-order valence-electron chi connectivity index (χ0n) is 4.76. The van der Waals surface area contributed by atoms with E-state index in [1.54, 1.807) is 0 Å². The summed E-state index contributed by atoms with van der Waals surface area (Å²) in [5, 5.41) is 8.32. The Hall–Kier alpha value is -1.24. The van der Waals surface area contributed by atoms with Gasteiger partial charge in [-0.05, 0) is 0 Å². The Kier molecular flexibility index (Phi) is 1.06. The van der Waals surface area contributed by atoms with Gasteiger partial charge in [0.05, 0.1) is 0 Å². The number of nitrogens with zero attached hydrogens (tertiary/aromatic N) is 1. The third kappa shape index (κ3) is 1.11. The predicted octanol–water partition coefficient (Wildman–Crippen LogP) is 0.138. The van der Waals surface area contributed by atoms with Crippen LogP contribution in [0.1, 0.15) is 12.8 Å². The molecule has 48 valence electrons. The second-order valence-corrected chi connectivity index (χ2v) is 2.03. The van der Waals surface area contributed by atoms with E-state index in [4.69, 9.17) is 5.26 Å². The number of amides is 1. The summed E-state index contributed by atoms with van der Waals surface area (Å²) in [6, 6.07) is 1.86. The topological polar surface area (TPSA) is 76.1 Å². The van der Waals surface area contributed by atoms with Gasteiger partial charge in [0, 0.05) is 12.8 Å². The number of nitriles is 1. The van der Waals surface area contributed by atoms with Gasteiger partial charge in [0.25, 0.3) is 0 Å². The number of hydrogen-bond donors (Lipinski definition) is 1. The monoisotopic (exact) mass is 126 g/mol. The molecule has 0 spiro atoms. The minimum Gasteiger partial charge on any atom is -0.428 e. The number of rotatable bonds is 1. The van der Waals surface area contributed by atoms with Crippen molar-refractivity contribution in [2.24, 2.45) is 5.73 Å². The first-order valence-corrected chi connectivity index (χ1v) is 2.58. The Morgan fingerprint density at radius 3 is 2.44 bits per heavy atom. The van der Waals surface area contributed by atoms with Crippen molar-refractivity contribution < 1.29 is 9.53 Å². The average molecular weight is 126 g/mol. The van der Waals surface area contributed by atoms with Gasteiger partial charge in [-0.1, -0.05) is 0 Å². The third-order valence-electron chi connectivity index (χ3n) is 1.20. The van der Waals surface area contributed by atoms with Gasteiger partial charge in [0.15, 0.2) is 5.60 Å². The molecule has 0 saturated heterocycles. The van der Waals surface area contributed by atoms with Crippen LogP contribution < -0.4 is 5.73 Å². The van der Waals surface area contributed by atoms with Crippen LogP contribution in [-0.2, 0) is 4.74 Å². The van der Waals surface area contributed by atoms with E-state index in [9.17, 15) is 4.79 Å². The molecule has 1 amide bonds. The van der Waals surface area contributed by atoms with E-state index < -0.39 is 11.7 Å². The average Bonchev–Trinajstić information content (AvgIpc) is 2.48. The molecule has 0 radical (unpaired) electrons. The van der Waals surface area contributed by atoms with E-state index in [-0.39, 0.29) is 0 Å². The highest BCUT2D eigenvalue weighted by molar-refractivity contribution is 5.66. The molecule has 4 nitrogen and oxygen atoms in total. The van der Waals surface area contributed by atoms with Crippen LogP contribution in [0.5, 0.6) is 0 Å². The highest BCUT2D eigenvalue weighted by Crippen LogP contribution is 2.38. The van der Waals surface area contributed by atoms with Gasteiger partial charge in [0.2, 0.25) is 0 Å². The standard InChI is InChI=1S/C5H6N2O2/c6-3-5(1-2-5)9-4(7)8/h1-2H2,(H2,7,8). The number of carbonyl (C=O) groups is 1. The van der Waals surface area contributed by atoms with Crippen molar-refractivity contribution in [2.75, 3.05) is 0 Å². The summed E-state index contributed by atoms with van der Waals surface area (Å²) in [6.45, 7) is 0. The summed E-state index contributed by atoms with van der Waals surface area (Å²) >= 11 is 0. The Bertz CT molecular complexity index is 178. The number of ether oxygens (including phenoxy) is 1. The normalized spacial score (nSPS) is 19.9. The SMILES string of the molecule is N#CC1(OC(N)=O)CC1. The van der Waals surface area contributed by atoms with Crippen molar-refractivity contribution in [1.82, 2.24) is 0 Å². The van der Waals surface area contributed by atoms with Crippen molar-refractivity contribution in [2.45, 2.75) is 18.4 Å². The van der Waals surface area contributed by atoms with Crippen molar-refractivity contribution in [3.05, 3.63) is 0 Å². The minimum absolute atomic E-state index is 0.618. The first-order valence-electron chi connectivity index (χ1n) is 2.58. The fourth-order valence-corrected chi connectivity index (χ4v) is 0.543. The maximum absolute atomic E-state index is 10.1. The van der Waals surface area contributed by atoms with Crippen molar-refractivity contribution in [1.29, 1.82) is 5.26 Å². The van der Waals surface area contributed by atoms with E-state index in [0.29, 0.717) is 12.8 Å². The highest BCUT2D eigenvalue weighted by Gasteiger charge is 2.47. The van der Waals surface area contributed by atoms with E-state index in [2.05, 4.69) is 10.5 Å². The lowest BCUT2D eigenvalue weighted by molar-refractivity contribution is 0.121. The molecule has 0 aromatic heterocycles. The molecular weight excluding hydrogens is 120 g/mol. The van der Waals surface area contributed by atoms with Gasteiger partial charge in [-0.15, -0.1) is 0 Å². The molecule has 0 heterocycles. The van der Waals surface area contributed by atoms with Crippen LogP contribution in [0.4, 0.5) is 4.79 Å². The molecular formula is C5H6N2O2. The number of hydrogen-bond acceptors (Lipinski definition) is 3. The second kappa shape index (κ2) is 1.62. The molecule has 1 saturated carbocycles. The predicted molar refractivity (Wildman–Crippen MR) is 28.2 cm³/mol. The van der Waals surface area contributed by atoms with Crippen molar-refractivity contribution in [3.63, 3.8) is 0 Å². The fraction of sp³-hybridized carbons (Fsp3) is 0.600. The maximum atomic E-state index is 10.1. The Morgan fingerprint density at radius 1 is 1.78 bits per heavy atom. The molecule has 1 aliphatic rings. The first kappa shape index (κ1) is 5.89. The molecule has 0 unspecified atom stereocenters. The Morgan fingerprint density at radius 2 is 2.33 bits per heavy atom. The third-order valence-corrected chi connectivity index (χ3v) is 1.20. The Balaban J connectivity index is 2.45. The number of nitrogens with two attached hydrogens (primary N) is 1. The van der Waals surface area contributed by atoms with Gasteiger partial charge in [0.1, 0.15) is 6.07 Å². The van der Waals surface area contributed by atoms with Gasteiger partial charge >= 0.3 is 6.09 Å². The number of primary amides is 1. The van der Waals surface area contributed by atoms with Crippen LogP contribution in [0.2, 0.25) is 0 Å². The zero-order valence-corrected chi connectivity index (χ0v) is 4.76. The summed E-state index contributed by atoms with van der Waals surface area (Å²) in [7, 11) is 0. The Labute approximate surface area is 52.2 Å². The lowest BCUT2D eigenvalue weighted by atomic mass is 10.4. The van der Waals surface area contributed by atoms with E-state index >= 15 is 0 Å². The molecule has 0 aliphatic heterocycles. The molecule has 1 rings (SSSR count). The van der Waals surface area contributed by atoms with Crippen LogP contribution in [0, 0.1) is 11.3 Å². The van der Waals surface area contributed by atoms with Gasteiger partial charge in [-0.25, -0.2) is 4.79 Å². The summed E-state index contributed by atoms with van der Waals surface area (Å²) < 4.78 is 4.48. The van der Waals surface area contributed by atoms with Crippen LogP contribution >= 0.6 is 0 Å². The van der Waals surface area contributed by atoms with Gasteiger partial charge in [-0.3, -0.25) is 0 Å². The lowest BCUT2D eigenvalue weighted by Crippen LogP contribution is -2.22. The van der Waals surface area contributed by atoms with E-state index in [0.717, 1.165) is 0 Å². The largest absolute Gasteiger partial charge is 0.428 e. The van der Waals surface area contributed by atoms with Crippen LogP contribution in [0.25, 0.3) is 0 Å². The molecule has 1 fully saturated rings. The zero-order chi connectivity index (χ0) is 6.91. The number of carbonyl (C=O) groups excluding carboxylic acids is 1. The highest BCUT2D eigenvalue weighted by atomic mass is 16.6.